The van der Waals surface area contributed by atoms with E-state index in [1.165, 1.54) is 26.1 Å². The summed E-state index contributed by atoms with van der Waals surface area (Å²) in [5, 5.41) is 0.326. The van der Waals surface area contributed by atoms with Gasteiger partial charge in [0.2, 0.25) is 0 Å². The van der Waals surface area contributed by atoms with Crippen LogP contribution in [0.1, 0.15) is 41.7 Å². The van der Waals surface area contributed by atoms with Crippen molar-refractivity contribution in [2.24, 2.45) is 0 Å². The number of hydrogen-bond donors (Lipinski definition) is 0. The molecular formula is C13H17NO3S. The summed E-state index contributed by atoms with van der Waals surface area (Å²) in [5.74, 6) is 0.0810. The van der Waals surface area contributed by atoms with Gasteiger partial charge in [-0.3, -0.25) is 9.19 Å². The van der Waals surface area contributed by atoms with E-state index >= 15 is 0 Å². The Kier molecular flexibility index (Phi) is 4.47. The molecule has 1 aliphatic carbocycles. The van der Waals surface area contributed by atoms with E-state index in [0.29, 0.717) is 16.6 Å². The summed E-state index contributed by atoms with van der Waals surface area (Å²) < 4.78 is 16.7. The number of rotatable bonds is 4. The first-order chi connectivity index (χ1) is 8.70. The minimum atomic E-state index is -0.844. The largest absolute Gasteiger partial charge is 0.465 e. The van der Waals surface area contributed by atoms with Crippen molar-refractivity contribution in [1.29, 1.82) is 0 Å². The van der Waals surface area contributed by atoms with Crippen molar-refractivity contribution in [2.45, 2.75) is 36.7 Å². The van der Waals surface area contributed by atoms with Crippen LogP contribution in [0.15, 0.2) is 18.3 Å². The van der Waals surface area contributed by atoms with Crippen LogP contribution in [0.3, 0.4) is 0 Å². The SMILES string of the molecule is COC(=O)c1ccc(CS(=O)C2CCCC2)nc1. The summed E-state index contributed by atoms with van der Waals surface area (Å²) in [7, 11) is 0.495. The van der Waals surface area contributed by atoms with Crippen molar-refractivity contribution < 1.29 is 13.7 Å². The minimum Gasteiger partial charge on any atom is -0.465 e. The average molecular weight is 267 g/mol. The van der Waals surface area contributed by atoms with Crippen LogP contribution in [0.2, 0.25) is 0 Å². The predicted molar refractivity (Wildman–Crippen MR) is 69.7 cm³/mol. The lowest BCUT2D eigenvalue weighted by molar-refractivity contribution is 0.0600. The standard InChI is InChI=1S/C13H17NO3S/c1-17-13(15)10-6-7-11(14-8-10)9-18(16)12-4-2-3-5-12/h6-8,12H,2-5,9H2,1H3. The van der Waals surface area contributed by atoms with Crippen LogP contribution in [-0.2, 0) is 21.3 Å². The summed E-state index contributed by atoms with van der Waals surface area (Å²) in [6.07, 6.45) is 5.98. The number of pyridine rings is 1. The van der Waals surface area contributed by atoms with Gasteiger partial charge in [0.05, 0.1) is 24.1 Å². The lowest BCUT2D eigenvalue weighted by atomic mass is 10.2. The van der Waals surface area contributed by atoms with E-state index in [2.05, 4.69) is 9.72 Å². The van der Waals surface area contributed by atoms with Gasteiger partial charge in [0, 0.05) is 22.2 Å². The highest BCUT2D eigenvalue weighted by Gasteiger charge is 2.21. The van der Waals surface area contributed by atoms with Gasteiger partial charge in [0.1, 0.15) is 0 Å². The molecule has 18 heavy (non-hydrogen) atoms. The van der Waals surface area contributed by atoms with Crippen LogP contribution in [-0.4, -0.2) is 27.5 Å². The molecule has 1 aromatic heterocycles. The van der Waals surface area contributed by atoms with Gasteiger partial charge in [-0.05, 0) is 25.0 Å². The second-order valence-electron chi connectivity index (χ2n) is 4.46. The number of carbonyl (C=O) groups is 1. The molecule has 1 fully saturated rings. The molecule has 0 amide bonds. The molecule has 4 nitrogen and oxygen atoms in total. The number of hydrogen-bond acceptors (Lipinski definition) is 4. The molecule has 1 heterocycles. The zero-order valence-electron chi connectivity index (χ0n) is 10.4. The van der Waals surface area contributed by atoms with Crippen LogP contribution >= 0.6 is 0 Å². The zero-order valence-corrected chi connectivity index (χ0v) is 11.2. The second kappa shape index (κ2) is 6.09. The van der Waals surface area contributed by atoms with E-state index in [9.17, 15) is 9.00 Å². The van der Waals surface area contributed by atoms with Gasteiger partial charge in [0.25, 0.3) is 0 Å². The van der Waals surface area contributed by atoms with Crippen LogP contribution in [0, 0.1) is 0 Å². The van der Waals surface area contributed by atoms with Crippen molar-refractivity contribution >= 4 is 16.8 Å². The van der Waals surface area contributed by atoms with Crippen LogP contribution < -0.4 is 0 Å². The van der Waals surface area contributed by atoms with Crippen LogP contribution in [0.25, 0.3) is 0 Å². The number of ether oxygens (including phenoxy) is 1. The predicted octanol–water partition coefficient (Wildman–Crippen LogP) is 2.06. The minimum absolute atomic E-state index is 0.326. The maximum absolute atomic E-state index is 12.1. The maximum Gasteiger partial charge on any atom is 0.339 e. The third kappa shape index (κ3) is 3.16. The van der Waals surface area contributed by atoms with Crippen molar-refractivity contribution in [3.05, 3.63) is 29.6 Å². The molecule has 0 N–H and O–H groups in total. The Morgan fingerprint density at radius 2 is 2.17 bits per heavy atom. The third-order valence-corrected chi connectivity index (χ3v) is 5.01. The Bertz CT molecular complexity index is 438. The maximum atomic E-state index is 12.1. The van der Waals surface area contributed by atoms with Crippen LogP contribution in [0.4, 0.5) is 0 Å². The molecule has 2 rings (SSSR count). The molecule has 0 aromatic carbocycles. The zero-order chi connectivity index (χ0) is 13.0. The second-order valence-corrected chi connectivity index (χ2v) is 6.18. The lowest BCUT2D eigenvalue weighted by Crippen LogP contribution is -2.13. The molecule has 1 atom stereocenters. The van der Waals surface area contributed by atoms with E-state index in [4.69, 9.17) is 0 Å². The Morgan fingerprint density at radius 3 is 2.72 bits per heavy atom. The number of carbonyl (C=O) groups excluding carboxylic acids is 1. The van der Waals surface area contributed by atoms with Gasteiger partial charge in [0.15, 0.2) is 0 Å². The Balaban J connectivity index is 1.97. The fourth-order valence-electron chi connectivity index (χ4n) is 2.16. The molecular weight excluding hydrogens is 250 g/mol. The summed E-state index contributed by atoms with van der Waals surface area (Å²) in [6.45, 7) is 0. The molecule has 0 spiro atoms. The quantitative estimate of drug-likeness (QED) is 0.784. The van der Waals surface area contributed by atoms with Gasteiger partial charge in [-0.15, -0.1) is 0 Å². The summed E-state index contributed by atoms with van der Waals surface area (Å²) in [5.41, 5.74) is 1.20. The van der Waals surface area contributed by atoms with Gasteiger partial charge >= 0.3 is 5.97 Å². The third-order valence-electron chi connectivity index (χ3n) is 3.21. The first-order valence-corrected chi connectivity index (χ1v) is 7.49. The first kappa shape index (κ1) is 13.2. The molecule has 5 heteroatoms. The first-order valence-electron chi connectivity index (χ1n) is 6.11. The number of esters is 1. The van der Waals surface area contributed by atoms with E-state index in [-0.39, 0.29) is 0 Å². The highest BCUT2D eigenvalue weighted by molar-refractivity contribution is 7.84. The molecule has 1 aromatic rings. The smallest absolute Gasteiger partial charge is 0.339 e. The summed E-state index contributed by atoms with van der Waals surface area (Å²) >= 11 is 0. The molecule has 1 unspecified atom stereocenters. The van der Waals surface area contributed by atoms with Gasteiger partial charge in [-0.25, -0.2) is 4.79 Å². The Hall–Kier alpha value is -1.23. The number of aromatic nitrogens is 1. The fraction of sp³-hybridized carbons (Fsp3) is 0.538. The highest BCUT2D eigenvalue weighted by Crippen LogP contribution is 2.24. The summed E-state index contributed by atoms with van der Waals surface area (Å²) in [6, 6.07) is 3.42. The van der Waals surface area contributed by atoms with Crippen LogP contribution in [0.5, 0.6) is 0 Å². The highest BCUT2D eigenvalue weighted by atomic mass is 32.2. The average Bonchev–Trinajstić information content (AvgIpc) is 2.92. The van der Waals surface area contributed by atoms with Crippen molar-refractivity contribution in [3.63, 3.8) is 0 Å². The normalized spacial score (nSPS) is 17.6. The number of methoxy groups -OCH3 is 1. The fourth-order valence-corrected chi connectivity index (χ4v) is 3.72. The monoisotopic (exact) mass is 267 g/mol. The molecule has 0 bridgehead atoms. The summed E-state index contributed by atoms with van der Waals surface area (Å²) in [4.78, 5) is 15.4. The van der Waals surface area contributed by atoms with E-state index < -0.39 is 16.8 Å². The lowest BCUT2D eigenvalue weighted by Gasteiger charge is -2.08. The Labute approximate surface area is 109 Å². The molecule has 0 saturated heterocycles. The molecule has 0 radical (unpaired) electrons. The van der Waals surface area contributed by atoms with Crippen molar-refractivity contribution in [1.82, 2.24) is 4.98 Å². The molecule has 1 aliphatic rings. The van der Waals surface area contributed by atoms with E-state index in [1.807, 2.05) is 0 Å². The van der Waals surface area contributed by atoms with Crippen molar-refractivity contribution in [3.8, 4) is 0 Å². The topological polar surface area (TPSA) is 56.3 Å². The molecule has 1 saturated carbocycles. The van der Waals surface area contributed by atoms with Gasteiger partial charge in [-0.1, -0.05) is 12.8 Å². The number of nitrogens with zero attached hydrogens (tertiary/aromatic N) is 1. The van der Waals surface area contributed by atoms with E-state index in [0.717, 1.165) is 18.5 Å². The van der Waals surface area contributed by atoms with Crippen molar-refractivity contribution in [2.75, 3.05) is 7.11 Å². The van der Waals surface area contributed by atoms with Gasteiger partial charge in [-0.2, -0.15) is 0 Å². The molecule has 98 valence electrons. The Morgan fingerprint density at radius 1 is 1.44 bits per heavy atom. The molecule has 0 aliphatic heterocycles. The van der Waals surface area contributed by atoms with E-state index in [1.54, 1.807) is 12.1 Å². The van der Waals surface area contributed by atoms with Gasteiger partial charge < -0.3 is 4.74 Å².